The third kappa shape index (κ3) is 4.85. The molecule has 0 saturated carbocycles. The van der Waals surface area contributed by atoms with Gasteiger partial charge >= 0.3 is 0 Å². The summed E-state index contributed by atoms with van der Waals surface area (Å²) in [6.45, 7) is 2.84. The zero-order valence-corrected chi connectivity index (χ0v) is 20.2. The van der Waals surface area contributed by atoms with Crippen LogP contribution in [0.4, 0.5) is 5.69 Å². The monoisotopic (exact) mass is 477 g/mol. The summed E-state index contributed by atoms with van der Waals surface area (Å²) in [5.41, 5.74) is 2.07. The molecular weight excluding hydrogens is 446 g/mol. The van der Waals surface area contributed by atoms with Gasteiger partial charge in [-0.15, -0.1) is 11.8 Å². The second-order valence-electron chi connectivity index (χ2n) is 9.44. The number of rotatable bonds is 5. The molecule has 2 aromatic carbocycles. The normalized spacial score (nSPS) is 21.0. The Kier molecular flexibility index (Phi) is 6.90. The number of nitrogens with zero attached hydrogens (tertiary/aromatic N) is 3. The summed E-state index contributed by atoms with van der Waals surface area (Å²) >= 11 is 1.32. The Morgan fingerprint density at radius 2 is 1.53 bits per heavy atom. The molecule has 7 heteroatoms. The number of benzene rings is 2. The lowest BCUT2D eigenvalue weighted by atomic mass is 9.90. The van der Waals surface area contributed by atoms with E-state index >= 15 is 0 Å². The molecule has 2 saturated heterocycles. The van der Waals surface area contributed by atoms with Gasteiger partial charge in [-0.3, -0.25) is 14.4 Å². The van der Waals surface area contributed by atoms with Crippen LogP contribution >= 0.6 is 11.8 Å². The molecule has 3 heterocycles. The molecular formula is C27H31N3O3S. The number of piperidine rings is 1. The van der Waals surface area contributed by atoms with Gasteiger partial charge in [-0.1, -0.05) is 42.5 Å². The highest BCUT2D eigenvalue weighted by Gasteiger charge is 2.41. The molecule has 0 aromatic heterocycles. The van der Waals surface area contributed by atoms with Crippen LogP contribution in [0.25, 0.3) is 0 Å². The zero-order valence-electron chi connectivity index (χ0n) is 19.4. The van der Waals surface area contributed by atoms with Crippen molar-refractivity contribution in [1.82, 2.24) is 9.80 Å². The van der Waals surface area contributed by atoms with Crippen molar-refractivity contribution < 1.29 is 14.4 Å². The highest BCUT2D eigenvalue weighted by molar-refractivity contribution is 8.01. The number of likely N-dealkylation sites (tertiary alicyclic amines) is 2. The third-order valence-electron chi connectivity index (χ3n) is 7.16. The summed E-state index contributed by atoms with van der Waals surface area (Å²) in [4.78, 5) is 45.9. The van der Waals surface area contributed by atoms with Crippen LogP contribution in [-0.2, 0) is 20.8 Å². The summed E-state index contributed by atoms with van der Waals surface area (Å²) in [6, 6.07) is 18.1. The van der Waals surface area contributed by atoms with Gasteiger partial charge in [0, 0.05) is 31.1 Å². The number of anilines is 1. The van der Waals surface area contributed by atoms with Crippen molar-refractivity contribution in [2.75, 3.05) is 37.6 Å². The predicted molar refractivity (Wildman–Crippen MR) is 134 cm³/mol. The van der Waals surface area contributed by atoms with E-state index in [2.05, 4.69) is 24.3 Å². The van der Waals surface area contributed by atoms with Crippen molar-refractivity contribution in [3.63, 3.8) is 0 Å². The van der Waals surface area contributed by atoms with Gasteiger partial charge in [0.2, 0.25) is 11.8 Å². The average Bonchev–Trinajstić information content (AvgIpc) is 3.41. The van der Waals surface area contributed by atoms with Crippen molar-refractivity contribution in [2.24, 2.45) is 5.92 Å². The minimum atomic E-state index is -0.808. The van der Waals surface area contributed by atoms with E-state index in [4.69, 9.17) is 0 Å². The Labute approximate surface area is 205 Å². The Morgan fingerprint density at radius 1 is 0.853 bits per heavy atom. The maximum Gasteiger partial charge on any atom is 0.250 e. The molecule has 0 N–H and O–H groups in total. The molecule has 178 valence electrons. The average molecular weight is 478 g/mol. The highest BCUT2D eigenvalue weighted by Crippen LogP contribution is 2.40. The van der Waals surface area contributed by atoms with Gasteiger partial charge < -0.3 is 14.7 Å². The molecule has 2 fully saturated rings. The van der Waals surface area contributed by atoms with E-state index in [1.165, 1.54) is 17.3 Å². The van der Waals surface area contributed by atoms with Gasteiger partial charge in [0.15, 0.2) is 5.25 Å². The maximum atomic E-state index is 13.4. The molecule has 2 aromatic rings. The minimum absolute atomic E-state index is 0.0104. The van der Waals surface area contributed by atoms with Crippen LogP contribution in [0.1, 0.15) is 31.2 Å². The third-order valence-corrected chi connectivity index (χ3v) is 8.40. The Morgan fingerprint density at radius 3 is 2.26 bits per heavy atom. The van der Waals surface area contributed by atoms with E-state index in [9.17, 15) is 14.4 Å². The molecule has 0 unspecified atom stereocenters. The van der Waals surface area contributed by atoms with Crippen LogP contribution in [0.3, 0.4) is 0 Å². The number of thioether (sulfide) groups is 1. The lowest BCUT2D eigenvalue weighted by Crippen LogP contribution is -2.52. The summed E-state index contributed by atoms with van der Waals surface area (Å²) in [5.74, 6) is 0.136. The lowest BCUT2D eigenvalue weighted by molar-refractivity contribution is -0.136. The number of carbonyl (C=O) groups excluding carboxylic acids is 3. The van der Waals surface area contributed by atoms with Crippen LogP contribution in [0.15, 0.2) is 59.5 Å². The van der Waals surface area contributed by atoms with Crippen LogP contribution in [-0.4, -0.2) is 65.5 Å². The van der Waals surface area contributed by atoms with Crippen molar-refractivity contribution in [1.29, 1.82) is 0 Å². The quantitative estimate of drug-likeness (QED) is 0.618. The lowest BCUT2D eigenvalue weighted by Gasteiger charge is -2.37. The van der Waals surface area contributed by atoms with E-state index in [0.717, 1.165) is 42.7 Å². The fraction of sp³-hybridized carbons (Fsp3) is 0.444. The van der Waals surface area contributed by atoms with E-state index in [0.29, 0.717) is 32.1 Å². The first-order valence-corrected chi connectivity index (χ1v) is 13.2. The van der Waals surface area contributed by atoms with Crippen LogP contribution in [0.2, 0.25) is 0 Å². The topological polar surface area (TPSA) is 60.9 Å². The molecule has 3 amide bonds. The molecule has 6 nitrogen and oxygen atoms in total. The van der Waals surface area contributed by atoms with Gasteiger partial charge in [0.05, 0.1) is 5.69 Å². The summed E-state index contributed by atoms with van der Waals surface area (Å²) < 4.78 is 0. The smallest absolute Gasteiger partial charge is 0.250 e. The fourth-order valence-corrected chi connectivity index (χ4v) is 6.40. The molecule has 3 aliphatic rings. The number of carbonyl (C=O) groups is 3. The molecule has 0 aliphatic carbocycles. The Bertz CT molecular complexity index is 1050. The second kappa shape index (κ2) is 10.2. The number of hydrogen-bond acceptors (Lipinski definition) is 4. The summed E-state index contributed by atoms with van der Waals surface area (Å²) in [5, 5.41) is -0.808. The fourth-order valence-electron chi connectivity index (χ4n) is 5.21. The number of amides is 3. The first-order chi connectivity index (χ1) is 16.6. The standard InChI is InChI=1S/C27H31N3O3S/c31-24(28-16-12-21(13-17-28)18-20-8-2-1-3-9-20)19-30-22-10-4-5-11-23(22)34-25(27(30)33)26(32)29-14-6-7-15-29/h1-5,8-11,21,25H,6-7,12-19H2/t25-/m0/s1. The Hall–Kier alpha value is -2.80. The van der Waals surface area contributed by atoms with E-state index in [1.54, 1.807) is 9.80 Å². The predicted octanol–water partition coefficient (Wildman–Crippen LogP) is 3.60. The number of fused-ring (bicyclic) bond motifs is 1. The number of para-hydroxylation sites is 1. The van der Waals surface area contributed by atoms with Crippen LogP contribution in [0, 0.1) is 5.92 Å². The zero-order chi connectivity index (χ0) is 23.5. The van der Waals surface area contributed by atoms with E-state index in [-0.39, 0.29) is 24.3 Å². The molecule has 0 radical (unpaired) electrons. The largest absolute Gasteiger partial charge is 0.341 e. The van der Waals surface area contributed by atoms with Crippen molar-refractivity contribution >= 4 is 35.2 Å². The van der Waals surface area contributed by atoms with Crippen LogP contribution in [0.5, 0.6) is 0 Å². The first-order valence-electron chi connectivity index (χ1n) is 12.3. The maximum absolute atomic E-state index is 13.4. The van der Waals surface area contributed by atoms with Gasteiger partial charge in [0.25, 0.3) is 5.91 Å². The van der Waals surface area contributed by atoms with Crippen molar-refractivity contribution in [3.8, 4) is 0 Å². The van der Waals surface area contributed by atoms with Crippen molar-refractivity contribution in [2.45, 2.75) is 42.2 Å². The van der Waals surface area contributed by atoms with Gasteiger partial charge in [-0.05, 0) is 55.7 Å². The SMILES string of the molecule is O=C(CN1C(=O)[C@H](C(=O)N2CCCC2)Sc2ccccc21)N1CCC(Cc2ccccc2)CC1. The van der Waals surface area contributed by atoms with Gasteiger partial charge in [0.1, 0.15) is 6.54 Å². The van der Waals surface area contributed by atoms with E-state index in [1.807, 2.05) is 35.2 Å². The molecule has 3 aliphatic heterocycles. The minimum Gasteiger partial charge on any atom is -0.341 e. The molecule has 5 rings (SSSR count). The van der Waals surface area contributed by atoms with E-state index < -0.39 is 5.25 Å². The van der Waals surface area contributed by atoms with Crippen LogP contribution < -0.4 is 4.90 Å². The van der Waals surface area contributed by atoms with Gasteiger partial charge in [-0.2, -0.15) is 0 Å². The summed E-state index contributed by atoms with van der Waals surface area (Å²) in [7, 11) is 0. The number of hydrogen-bond donors (Lipinski definition) is 0. The highest BCUT2D eigenvalue weighted by atomic mass is 32.2. The molecule has 0 bridgehead atoms. The van der Waals surface area contributed by atoms with Crippen molar-refractivity contribution in [3.05, 3.63) is 60.2 Å². The van der Waals surface area contributed by atoms with Gasteiger partial charge in [-0.25, -0.2) is 0 Å². The second-order valence-corrected chi connectivity index (χ2v) is 10.6. The molecule has 1 atom stereocenters. The molecule has 34 heavy (non-hydrogen) atoms. The Balaban J connectivity index is 1.25. The molecule has 0 spiro atoms. The first kappa shape index (κ1) is 23.0. The summed E-state index contributed by atoms with van der Waals surface area (Å²) in [6.07, 6.45) is 4.94.